The Bertz CT molecular complexity index is 739. The lowest BCUT2D eigenvalue weighted by Crippen LogP contribution is -2.29. The molecular formula is C15H15N5O. The SMILES string of the molecule is COc1ccc(C(NN)c2cccc3cnccc23)nn1. The second-order valence-corrected chi connectivity index (χ2v) is 4.54. The van der Waals surface area contributed by atoms with Gasteiger partial charge in [0, 0.05) is 23.8 Å². The normalized spacial score (nSPS) is 12.3. The number of pyridine rings is 1. The first-order valence-electron chi connectivity index (χ1n) is 6.50. The van der Waals surface area contributed by atoms with Crippen LogP contribution >= 0.6 is 0 Å². The van der Waals surface area contributed by atoms with Crippen LogP contribution in [0, 0.1) is 0 Å². The average Bonchev–Trinajstić information content (AvgIpc) is 2.56. The molecule has 0 amide bonds. The number of rotatable bonds is 4. The van der Waals surface area contributed by atoms with Gasteiger partial charge >= 0.3 is 0 Å². The van der Waals surface area contributed by atoms with E-state index >= 15 is 0 Å². The van der Waals surface area contributed by atoms with Crippen LogP contribution in [0.5, 0.6) is 5.88 Å². The molecule has 1 unspecified atom stereocenters. The number of aromatic nitrogens is 3. The smallest absolute Gasteiger partial charge is 0.233 e. The molecule has 0 saturated heterocycles. The Balaban J connectivity index is 2.09. The van der Waals surface area contributed by atoms with E-state index in [-0.39, 0.29) is 6.04 Å². The molecule has 3 rings (SSSR count). The zero-order valence-corrected chi connectivity index (χ0v) is 11.5. The van der Waals surface area contributed by atoms with Crippen molar-refractivity contribution >= 4 is 10.8 Å². The number of hydrazine groups is 1. The summed E-state index contributed by atoms with van der Waals surface area (Å²) in [4.78, 5) is 4.14. The second-order valence-electron chi connectivity index (χ2n) is 4.54. The monoisotopic (exact) mass is 281 g/mol. The molecule has 2 aromatic heterocycles. The largest absolute Gasteiger partial charge is 0.480 e. The molecule has 0 radical (unpaired) electrons. The Kier molecular flexibility index (Phi) is 3.72. The first-order valence-corrected chi connectivity index (χ1v) is 6.50. The lowest BCUT2D eigenvalue weighted by molar-refractivity contribution is 0.390. The van der Waals surface area contributed by atoms with Crippen LogP contribution in [0.25, 0.3) is 10.8 Å². The van der Waals surface area contributed by atoms with Crippen molar-refractivity contribution in [1.29, 1.82) is 0 Å². The van der Waals surface area contributed by atoms with Crippen LogP contribution in [-0.4, -0.2) is 22.3 Å². The predicted molar refractivity (Wildman–Crippen MR) is 79.5 cm³/mol. The number of hydrogen-bond acceptors (Lipinski definition) is 6. The van der Waals surface area contributed by atoms with Crippen LogP contribution < -0.4 is 16.0 Å². The number of nitrogens with two attached hydrogens (primary N) is 1. The summed E-state index contributed by atoms with van der Waals surface area (Å²) >= 11 is 0. The Labute approximate surface area is 122 Å². The van der Waals surface area contributed by atoms with E-state index in [0.717, 1.165) is 22.0 Å². The van der Waals surface area contributed by atoms with Gasteiger partial charge in [0.05, 0.1) is 18.8 Å². The highest BCUT2D eigenvalue weighted by Gasteiger charge is 2.17. The predicted octanol–water partition coefficient (Wildman–Crippen LogP) is 1.59. The number of methoxy groups -OCH3 is 1. The maximum absolute atomic E-state index is 5.73. The average molecular weight is 281 g/mol. The van der Waals surface area contributed by atoms with E-state index in [0.29, 0.717) is 5.88 Å². The summed E-state index contributed by atoms with van der Waals surface area (Å²) in [6.45, 7) is 0. The van der Waals surface area contributed by atoms with Crippen molar-refractivity contribution in [3.05, 3.63) is 60.0 Å². The molecule has 1 aromatic carbocycles. The van der Waals surface area contributed by atoms with Gasteiger partial charge < -0.3 is 4.74 Å². The van der Waals surface area contributed by atoms with Gasteiger partial charge in [0.2, 0.25) is 5.88 Å². The third kappa shape index (κ3) is 2.54. The van der Waals surface area contributed by atoms with Crippen LogP contribution in [0.15, 0.2) is 48.8 Å². The molecule has 3 aromatic rings. The van der Waals surface area contributed by atoms with Gasteiger partial charge in [0.1, 0.15) is 0 Å². The molecule has 0 aliphatic carbocycles. The van der Waals surface area contributed by atoms with Gasteiger partial charge in [0.15, 0.2) is 0 Å². The van der Waals surface area contributed by atoms with Gasteiger partial charge in [-0.3, -0.25) is 10.8 Å². The summed E-state index contributed by atoms with van der Waals surface area (Å²) in [6, 6.07) is 11.3. The summed E-state index contributed by atoms with van der Waals surface area (Å²) in [5.74, 6) is 6.20. The molecule has 0 spiro atoms. The number of nitrogens with one attached hydrogen (secondary N) is 1. The van der Waals surface area contributed by atoms with E-state index in [1.54, 1.807) is 19.4 Å². The van der Waals surface area contributed by atoms with Crippen molar-refractivity contribution in [2.45, 2.75) is 6.04 Å². The molecule has 0 fully saturated rings. The zero-order valence-electron chi connectivity index (χ0n) is 11.5. The fraction of sp³-hybridized carbons (Fsp3) is 0.133. The molecule has 0 aliphatic rings. The molecule has 6 nitrogen and oxygen atoms in total. The van der Waals surface area contributed by atoms with Crippen LogP contribution in [0.2, 0.25) is 0 Å². The Morgan fingerprint density at radius 2 is 2.05 bits per heavy atom. The summed E-state index contributed by atoms with van der Waals surface area (Å²) in [5.41, 5.74) is 4.55. The fourth-order valence-electron chi connectivity index (χ4n) is 2.33. The van der Waals surface area contributed by atoms with Crippen LogP contribution in [-0.2, 0) is 0 Å². The lowest BCUT2D eigenvalue weighted by Gasteiger charge is -2.17. The molecule has 106 valence electrons. The minimum Gasteiger partial charge on any atom is -0.480 e. The van der Waals surface area contributed by atoms with Crippen molar-refractivity contribution in [3.8, 4) is 5.88 Å². The quantitative estimate of drug-likeness (QED) is 0.558. The third-order valence-electron chi connectivity index (χ3n) is 3.36. The Hall–Kier alpha value is -2.57. The number of nitrogens with zero attached hydrogens (tertiary/aromatic N) is 3. The van der Waals surface area contributed by atoms with E-state index < -0.39 is 0 Å². The van der Waals surface area contributed by atoms with E-state index in [9.17, 15) is 0 Å². The highest BCUT2D eigenvalue weighted by Crippen LogP contribution is 2.27. The summed E-state index contributed by atoms with van der Waals surface area (Å²) < 4.78 is 5.02. The van der Waals surface area contributed by atoms with Crippen LogP contribution in [0.3, 0.4) is 0 Å². The van der Waals surface area contributed by atoms with E-state index in [4.69, 9.17) is 10.6 Å². The van der Waals surface area contributed by atoms with Gasteiger partial charge in [0.25, 0.3) is 0 Å². The standard InChI is InChI=1S/C15H15N5O/c1-21-14-6-5-13(19-20-14)15(18-16)12-4-2-3-10-9-17-8-7-11(10)12/h2-9,15,18H,16H2,1H3. The van der Waals surface area contributed by atoms with Gasteiger partial charge in [-0.25, -0.2) is 5.43 Å². The van der Waals surface area contributed by atoms with E-state index in [1.165, 1.54) is 0 Å². The topological polar surface area (TPSA) is 86.0 Å². The third-order valence-corrected chi connectivity index (χ3v) is 3.36. The van der Waals surface area contributed by atoms with Crippen LogP contribution in [0.1, 0.15) is 17.3 Å². The molecular weight excluding hydrogens is 266 g/mol. The first-order chi connectivity index (χ1) is 10.3. The van der Waals surface area contributed by atoms with Gasteiger partial charge in [-0.15, -0.1) is 10.2 Å². The lowest BCUT2D eigenvalue weighted by atomic mass is 9.98. The van der Waals surface area contributed by atoms with Crippen molar-refractivity contribution in [3.63, 3.8) is 0 Å². The molecule has 1 atom stereocenters. The maximum atomic E-state index is 5.73. The molecule has 3 N–H and O–H groups in total. The summed E-state index contributed by atoms with van der Waals surface area (Å²) in [7, 11) is 1.56. The molecule has 2 heterocycles. The van der Waals surface area contributed by atoms with E-state index in [1.807, 2.05) is 36.5 Å². The van der Waals surface area contributed by atoms with Crippen molar-refractivity contribution in [2.75, 3.05) is 7.11 Å². The number of hydrogen-bond donors (Lipinski definition) is 2. The fourth-order valence-corrected chi connectivity index (χ4v) is 2.33. The second kappa shape index (κ2) is 5.82. The summed E-state index contributed by atoms with van der Waals surface area (Å²) in [6.07, 6.45) is 3.59. The maximum Gasteiger partial charge on any atom is 0.233 e. The Morgan fingerprint density at radius 3 is 2.76 bits per heavy atom. The first kappa shape index (κ1) is 13.4. The Morgan fingerprint density at radius 1 is 1.14 bits per heavy atom. The van der Waals surface area contributed by atoms with Gasteiger partial charge in [-0.05, 0) is 23.1 Å². The van der Waals surface area contributed by atoms with Crippen molar-refractivity contribution in [2.24, 2.45) is 5.84 Å². The minimum atomic E-state index is -0.255. The molecule has 0 saturated carbocycles. The number of fused-ring (bicyclic) bond motifs is 1. The molecule has 6 heteroatoms. The molecule has 21 heavy (non-hydrogen) atoms. The van der Waals surface area contributed by atoms with Crippen molar-refractivity contribution < 1.29 is 4.74 Å². The molecule has 0 bridgehead atoms. The molecule has 0 aliphatic heterocycles. The zero-order chi connectivity index (χ0) is 14.7. The number of ether oxygens (including phenoxy) is 1. The van der Waals surface area contributed by atoms with Crippen molar-refractivity contribution in [1.82, 2.24) is 20.6 Å². The minimum absolute atomic E-state index is 0.255. The number of benzene rings is 1. The highest BCUT2D eigenvalue weighted by molar-refractivity contribution is 5.85. The summed E-state index contributed by atoms with van der Waals surface area (Å²) in [5, 5.41) is 10.3. The van der Waals surface area contributed by atoms with Gasteiger partial charge in [-0.1, -0.05) is 18.2 Å². The van der Waals surface area contributed by atoms with Gasteiger partial charge in [-0.2, -0.15) is 0 Å². The van der Waals surface area contributed by atoms with E-state index in [2.05, 4.69) is 20.6 Å². The highest BCUT2D eigenvalue weighted by atomic mass is 16.5. The van der Waals surface area contributed by atoms with Crippen LogP contribution in [0.4, 0.5) is 0 Å².